The number of hydrogen-bond acceptors (Lipinski definition) is 11. The number of imidazole rings is 2. The zero-order chi connectivity index (χ0) is 36.1. The standard InChI is InChI=1S/C37H38N12O3/c1-7-27(23-13-9-11-21(42-23)25-15-19-31-29(40-17-48(31)5)35(38-3)46-33(19)44-25)51-37(50)52-28(8-2)24-14-10-12-22(43-24)26-16-20-32-30(41-18-49(32)6)36(39-4)47-34(20)45-26/h9-18,27-28H,7-8H2,1-6H3,(H2,38,44,46)(H2,39,45,47). The van der Waals surface area contributed by atoms with E-state index in [1.54, 1.807) is 12.7 Å². The van der Waals surface area contributed by atoms with Crippen molar-refractivity contribution >= 4 is 61.9 Å². The number of aromatic amines is 2. The van der Waals surface area contributed by atoms with E-state index in [9.17, 15) is 4.79 Å². The molecule has 15 heteroatoms. The lowest BCUT2D eigenvalue weighted by Gasteiger charge is -2.20. The van der Waals surface area contributed by atoms with Crippen molar-refractivity contribution in [3.8, 4) is 22.8 Å². The molecule has 0 aliphatic rings. The molecule has 2 unspecified atom stereocenters. The van der Waals surface area contributed by atoms with Crippen LogP contribution in [-0.4, -0.2) is 69.3 Å². The molecule has 8 heterocycles. The van der Waals surface area contributed by atoms with Crippen molar-refractivity contribution in [3.63, 3.8) is 0 Å². The average molecular weight is 699 g/mol. The van der Waals surface area contributed by atoms with Crippen LogP contribution in [0.15, 0.2) is 61.2 Å². The minimum atomic E-state index is -0.792. The van der Waals surface area contributed by atoms with E-state index in [4.69, 9.17) is 29.4 Å². The van der Waals surface area contributed by atoms with Gasteiger partial charge in [0.25, 0.3) is 0 Å². The van der Waals surface area contributed by atoms with Gasteiger partial charge in [0, 0.05) is 39.0 Å². The molecule has 8 aromatic rings. The van der Waals surface area contributed by atoms with Crippen molar-refractivity contribution in [3.05, 3.63) is 72.6 Å². The number of ether oxygens (including phenoxy) is 2. The Hall–Kier alpha value is -6.51. The molecule has 4 N–H and O–H groups in total. The third-order valence-corrected chi connectivity index (χ3v) is 9.32. The zero-order valence-electron chi connectivity index (χ0n) is 29.6. The second kappa shape index (κ2) is 13.0. The number of aromatic nitrogens is 10. The lowest BCUT2D eigenvalue weighted by Crippen LogP contribution is -2.17. The van der Waals surface area contributed by atoms with E-state index >= 15 is 0 Å². The van der Waals surface area contributed by atoms with E-state index in [1.165, 1.54) is 0 Å². The highest BCUT2D eigenvalue weighted by Gasteiger charge is 2.24. The number of nitrogens with one attached hydrogen (secondary N) is 4. The highest BCUT2D eigenvalue weighted by Crippen LogP contribution is 2.34. The number of carbonyl (C=O) groups excluding carboxylic acids is 1. The smallest absolute Gasteiger partial charge is 0.424 e. The van der Waals surface area contributed by atoms with E-state index in [1.807, 2.05) is 99.7 Å². The lowest BCUT2D eigenvalue weighted by molar-refractivity contribution is -0.00723. The minimum absolute atomic E-state index is 0.499. The molecule has 0 amide bonds. The summed E-state index contributed by atoms with van der Waals surface area (Å²) in [4.78, 5) is 48.4. The second-order valence-electron chi connectivity index (χ2n) is 12.6. The Morgan fingerprint density at radius 3 is 1.56 bits per heavy atom. The van der Waals surface area contributed by atoms with E-state index in [0.29, 0.717) is 58.5 Å². The number of carbonyl (C=O) groups is 1. The van der Waals surface area contributed by atoms with Crippen molar-refractivity contribution in [2.45, 2.75) is 38.9 Å². The fourth-order valence-corrected chi connectivity index (χ4v) is 6.75. The quantitative estimate of drug-likeness (QED) is 0.106. The maximum absolute atomic E-state index is 13.3. The minimum Gasteiger partial charge on any atom is -0.424 e. The number of nitrogens with zero attached hydrogens (tertiary/aromatic N) is 8. The molecule has 264 valence electrons. The van der Waals surface area contributed by atoms with E-state index in [0.717, 1.165) is 44.2 Å². The van der Waals surface area contributed by atoms with Crippen LogP contribution in [0.5, 0.6) is 0 Å². The van der Waals surface area contributed by atoms with Gasteiger partial charge < -0.3 is 39.2 Å². The van der Waals surface area contributed by atoms with Gasteiger partial charge in [-0.05, 0) is 49.2 Å². The van der Waals surface area contributed by atoms with Gasteiger partial charge in [-0.15, -0.1) is 0 Å². The highest BCUT2D eigenvalue weighted by molar-refractivity contribution is 6.08. The predicted octanol–water partition coefficient (Wildman–Crippen LogP) is 7.18. The number of hydrogen-bond donors (Lipinski definition) is 4. The number of H-pyrrole nitrogens is 2. The van der Waals surface area contributed by atoms with Gasteiger partial charge in [-0.1, -0.05) is 26.0 Å². The zero-order valence-corrected chi connectivity index (χ0v) is 29.6. The van der Waals surface area contributed by atoms with E-state index < -0.39 is 18.4 Å². The summed E-state index contributed by atoms with van der Waals surface area (Å²) in [6.07, 6.45) is 2.50. The molecule has 0 aromatic carbocycles. The van der Waals surface area contributed by atoms with Crippen LogP contribution in [0.4, 0.5) is 16.4 Å². The molecule has 2 atom stereocenters. The van der Waals surface area contributed by atoms with E-state index in [-0.39, 0.29) is 0 Å². The average Bonchev–Trinajstić information content (AvgIpc) is 3.97. The summed E-state index contributed by atoms with van der Waals surface area (Å²) in [5, 5.41) is 8.13. The Bertz CT molecular complexity index is 2440. The van der Waals surface area contributed by atoms with Crippen LogP contribution in [0.1, 0.15) is 50.3 Å². The van der Waals surface area contributed by atoms with Gasteiger partial charge in [-0.2, -0.15) is 0 Å². The first-order valence-corrected chi connectivity index (χ1v) is 17.1. The van der Waals surface area contributed by atoms with Gasteiger partial charge in [0.05, 0.1) is 57.9 Å². The Balaban J connectivity index is 1.02. The molecule has 8 rings (SSSR count). The molecule has 0 fully saturated rings. The first-order valence-electron chi connectivity index (χ1n) is 17.1. The van der Waals surface area contributed by atoms with Gasteiger partial charge in [-0.3, -0.25) is 0 Å². The molecule has 15 nitrogen and oxygen atoms in total. The summed E-state index contributed by atoms with van der Waals surface area (Å²) in [5.74, 6) is 1.38. The van der Waals surface area contributed by atoms with Crippen LogP contribution in [-0.2, 0) is 23.6 Å². The molecule has 0 aliphatic heterocycles. The molecular formula is C37H38N12O3. The Morgan fingerprint density at radius 2 is 1.15 bits per heavy atom. The van der Waals surface area contributed by atoms with E-state index in [2.05, 4.69) is 30.6 Å². The van der Waals surface area contributed by atoms with Crippen LogP contribution in [0.25, 0.3) is 66.9 Å². The van der Waals surface area contributed by atoms with Gasteiger partial charge in [-0.25, -0.2) is 34.7 Å². The number of pyridine rings is 4. The topological polar surface area (TPSA) is 178 Å². The highest BCUT2D eigenvalue weighted by atomic mass is 16.7. The molecule has 0 saturated carbocycles. The Labute approximate surface area is 297 Å². The van der Waals surface area contributed by atoms with Crippen LogP contribution >= 0.6 is 0 Å². The third-order valence-electron chi connectivity index (χ3n) is 9.32. The number of anilines is 2. The first-order chi connectivity index (χ1) is 25.3. The Kier molecular flexibility index (Phi) is 8.16. The van der Waals surface area contributed by atoms with Gasteiger partial charge in [0.1, 0.15) is 34.5 Å². The van der Waals surface area contributed by atoms with Crippen molar-refractivity contribution in [2.75, 3.05) is 24.7 Å². The van der Waals surface area contributed by atoms with Crippen molar-refractivity contribution in [1.82, 2.24) is 49.0 Å². The fourth-order valence-electron chi connectivity index (χ4n) is 6.75. The van der Waals surface area contributed by atoms with Gasteiger partial charge >= 0.3 is 6.16 Å². The van der Waals surface area contributed by atoms with Crippen LogP contribution < -0.4 is 10.6 Å². The maximum atomic E-state index is 13.3. The molecule has 0 aliphatic carbocycles. The summed E-state index contributed by atoms with van der Waals surface area (Å²) in [5.41, 5.74) is 9.10. The molecule has 0 radical (unpaired) electrons. The summed E-state index contributed by atoms with van der Waals surface area (Å²) in [6, 6.07) is 15.4. The van der Waals surface area contributed by atoms with Gasteiger partial charge in [0.15, 0.2) is 11.6 Å². The fraction of sp³-hybridized carbons (Fsp3) is 0.270. The largest absolute Gasteiger partial charge is 0.509 e. The van der Waals surface area contributed by atoms with Crippen LogP contribution in [0.3, 0.4) is 0 Å². The predicted molar refractivity (Wildman–Crippen MR) is 200 cm³/mol. The summed E-state index contributed by atoms with van der Waals surface area (Å²) in [6.45, 7) is 3.88. The molecule has 0 spiro atoms. The SMILES string of the molecule is CCC(OC(=O)OC(CC)c1cccc(-c2cc3c(nc(NC)c4ncn(C)c43)[nH]2)n1)c1cccc(-c2cc3c(nc(NC)c4ncn(C)c43)[nH]2)n1. The number of fused-ring (bicyclic) bond motifs is 6. The molecule has 52 heavy (non-hydrogen) atoms. The van der Waals surface area contributed by atoms with Gasteiger partial charge in [0.2, 0.25) is 0 Å². The number of rotatable bonds is 10. The molecule has 8 aromatic heterocycles. The molecule has 0 saturated heterocycles. The van der Waals surface area contributed by atoms with Crippen molar-refractivity contribution in [1.29, 1.82) is 0 Å². The molecular weight excluding hydrogens is 660 g/mol. The molecule has 0 bridgehead atoms. The third kappa shape index (κ3) is 5.50. The van der Waals surface area contributed by atoms with Crippen molar-refractivity contribution in [2.24, 2.45) is 14.1 Å². The van der Waals surface area contributed by atoms with Crippen LogP contribution in [0.2, 0.25) is 0 Å². The maximum Gasteiger partial charge on any atom is 0.509 e. The number of aryl methyl sites for hydroxylation is 2. The lowest BCUT2D eigenvalue weighted by atomic mass is 10.1. The first kappa shape index (κ1) is 32.7. The van der Waals surface area contributed by atoms with Crippen molar-refractivity contribution < 1.29 is 14.3 Å². The summed E-state index contributed by atoms with van der Waals surface area (Å²) < 4.78 is 15.7. The normalized spacial score (nSPS) is 12.9. The Morgan fingerprint density at radius 1 is 0.712 bits per heavy atom. The second-order valence-corrected chi connectivity index (χ2v) is 12.6. The summed E-state index contributed by atoms with van der Waals surface area (Å²) in [7, 11) is 7.56. The van der Waals surface area contributed by atoms with Crippen LogP contribution in [0, 0.1) is 0 Å². The summed E-state index contributed by atoms with van der Waals surface area (Å²) >= 11 is 0. The monoisotopic (exact) mass is 698 g/mol.